The average Bonchev–Trinajstić information content (AvgIpc) is 3.20. The Labute approximate surface area is 147 Å². The smallest absolute Gasteiger partial charge is 0.261 e. The molecule has 3 aromatic rings. The first kappa shape index (κ1) is 16.0. The summed E-state index contributed by atoms with van der Waals surface area (Å²) in [6.45, 7) is 6.38. The van der Waals surface area contributed by atoms with Crippen LogP contribution in [-0.2, 0) is 11.0 Å². The van der Waals surface area contributed by atoms with E-state index in [4.69, 9.17) is 15.4 Å². The first-order valence-electron chi connectivity index (χ1n) is 8.66. The number of nitrogens with zero attached hydrogens (tertiary/aromatic N) is 4. The molecule has 0 spiro atoms. The number of rotatable bonds is 3. The van der Waals surface area contributed by atoms with Crippen molar-refractivity contribution in [2.24, 2.45) is 5.73 Å². The highest BCUT2D eigenvalue weighted by Crippen LogP contribution is 2.39. The van der Waals surface area contributed by atoms with Gasteiger partial charge in [0.15, 0.2) is 5.82 Å². The summed E-state index contributed by atoms with van der Waals surface area (Å²) in [6, 6.07) is 10.0. The Morgan fingerprint density at radius 3 is 2.48 bits per heavy atom. The van der Waals surface area contributed by atoms with Crippen molar-refractivity contribution in [2.45, 2.75) is 51.0 Å². The molecule has 0 radical (unpaired) electrons. The van der Waals surface area contributed by atoms with Crippen molar-refractivity contribution in [3.8, 4) is 17.1 Å². The molecule has 1 aromatic carbocycles. The highest BCUT2D eigenvalue weighted by molar-refractivity contribution is 5.58. The molecule has 25 heavy (non-hydrogen) atoms. The molecule has 1 saturated carbocycles. The van der Waals surface area contributed by atoms with E-state index in [-0.39, 0.29) is 5.41 Å². The van der Waals surface area contributed by atoms with Crippen LogP contribution in [0.5, 0.6) is 0 Å². The third kappa shape index (κ3) is 2.76. The molecule has 2 aromatic heterocycles. The van der Waals surface area contributed by atoms with Crippen LogP contribution in [0.15, 0.2) is 41.1 Å². The fourth-order valence-electron chi connectivity index (χ4n) is 3.11. The van der Waals surface area contributed by atoms with E-state index in [1.807, 2.05) is 41.2 Å². The first-order valence-corrected chi connectivity index (χ1v) is 8.66. The minimum atomic E-state index is -0.431. The van der Waals surface area contributed by atoms with Gasteiger partial charge in [-0.15, -0.1) is 0 Å². The molecule has 0 bridgehead atoms. The van der Waals surface area contributed by atoms with Crippen molar-refractivity contribution in [3.05, 3.63) is 48.0 Å². The van der Waals surface area contributed by atoms with Gasteiger partial charge in [-0.25, -0.2) is 4.68 Å². The number of aromatic nitrogens is 4. The lowest BCUT2D eigenvalue weighted by molar-refractivity contribution is 0.229. The number of para-hydroxylation sites is 1. The quantitative estimate of drug-likeness (QED) is 0.790. The maximum atomic E-state index is 6.33. The fraction of sp³-hybridized carbons (Fsp3) is 0.421. The lowest BCUT2D eigenvalue weighted by Gasteiger charge is -2.34. The van der Waals surface area contributed by atoms with Gasteiger partial charge in [-0.05, 0) is 31.4 Å². The summed E-state index contributed by atoms with van der Waals surface area (Å²) in [5.41, 5.74) is 8.52. The summed E-state index contributed by atoms with van der Waals surface area (Å²) >= 11 is 0. The van der Waals surface area contributed by atoms with Gasteiger partial charge in [0.05, 0.1) is 22.5 Å². The van der Waals surface area contributed by atoms with Crippen molar-refractivity contribution in [1.82, 2.24) is 19.9 Å². The molecule has 0 unspecified atom stereocenters. The standard InChI is InChI=1S/C19H23N5O/c1-18(2,3)15-14(12-24(22-15)13-8-5-4-6-9-13)16-21-17(23-25-16)19(20)10-7-11-19/h4-6,8-9,12H,7,10-11,20H2,1-3H3. The largest absolute Gasteiger partial charge is 0.334 e. The zero-order chi connectivity index (χ0) is 17.7. The molecular formula is C19H23N5O. The topological polar surface area (TPSA) is 82.8 Å². The van der Waals surface area contributed by atoms with Gasteiger partial charge in [-0.2, -0.15) is 10.1 Å². The zero-order valence-corrected chi connectivity index (χ0v) is 14.9. The van der Waals surface area contributed by atoms with Gasteiger partial charge in [0.1, 0.15) is 0 Å². The Morgan fingerprint density at radius 2 is 1.88 bits per heavy atom. The molecular weight excluding hydrogens is 314 g/mol. The highest BCUT2D eigenvalue weighted by atomic mass is 16.5. The third-order valence-corrected chi connectivity index (χ3v) is 4.79. The van der Waals surface area contributed by atoms with Crippen LogP contribution in [0.25, 0.3) is 17.1 Å². The minimum Gasteiger partial charge on any atom is -0.334 e. The summed E-state index contributed by atoms with van der Waals surface area (Å²) in [6.07, 6.45) is 4.87. The lowest BCUT2D eigenvalue weighted by Crippen LogP contribution is -2.44. The van der Waals surface area contributed by atoms with Gasteiger partial charge in [0.2, 0.25) is 0 Å². The Morgan fingerprint density at radius 1 is 1.16 bits per heavy atom. The number of hydrogen-bond acceptors (Lipinski definition) is 5. The second-order valence-corrected chi connectivity index (χ2v) is 7.85. The highest BCUT2D eigenvalue weighted by Gasteiger charge is 2.39. The SMILES string of the molecule is CC(C)(C)c1nn(-c2ccccc2)cc1-c1nc(C2(N)CCC2)no1. The summed E-state index contributed by atoms with van der Waals surface area (Å²) in [4.78, 5) is 4.60. The Bertz CT molecular complexity index is 884. The van der Waals surface area contributed by atoms with E-state index >= 15 is 0 Å². The molecule has 1 aliphatic rings. The predicted molar refractivity (Wildman–Crippen MR) is 95.3 cm³/mol. The zero-order valence-electron chi connectivity index (χ0n) is 14.9. The van der Waals surface area contributed by atoms with Crippen LogP contribution in [-0.4, -0.2) is 19.9 Å². The molecule has 2 heterocycles. The van der Waals surface area contributed by atoms with E-state index in [2.05, 4.69) is 30.9 Å². The maximum Gasteiger partial charge on any atom is 0.261 e. The van der Waals surface area contributed by atoms with Crippen molar-refractivity contribution < 1.29 is 4.52 Å². The van der Waals surface area contributed by atoms with E-state index in [0.29, 0.717) is 11.7 Å². The minimum absolute atomic E-state index is 0.152. The van der Waals surface area contributed by atoms with Crippen LogP contribution in [0.4, 0.5) is 0 Å². The number of benzene rings is 1. The van der Waals surface area contributed by atoms with Crippen LogP contribution >= 0.6 is 0 Å². The fourth-order valence-corrected chi connectivity index (χ4v) is 3.11. The average molecular weight is 337 g/mol. The molecule has 6 nitrogen and oxygen atoms in total. The maximum absolute atomic E-state index is 6.33. The number of hydrogen-bond donors (Lipinski definition) is 1. The van der Waals surface area contributed by atoms with E-state index in [1.54, 1.807) is 0 Å². The van der Waals surface area contributed by atoms with E-state index in [1.165, 1.54) is 0 Å². The molecule has 4 rings (SSSR count). The Balaban J connectivity index is 1.79. The molecule has 1 aliphatic carbocycles. The Kier molecular flexibility index (Phi) is 3.54. The molecule has 0 amide bonds. The van der Waals surface area contributed by atoms with Crippen LogP contribution < -0.4 is 5.73 Å². The first-order chi connectivity index (χ1) is 11.9. The normalized spacial score (nSPS) is 16.6. The van der Waals surface area contributed by atoms with E-state index in [0.717, 1.165) is 36.2 Å². The molecule has 0 atom stereocenters. The number of nitrogens with two attached hydrogens (primary N) is 1. The molecule has 0 saturated heterocycles. The summed E-state index contributed by atoms with van der Waals surface area (Å²) in [7, 11) is 0. The van der Waals surface area contributed by atoms with Crippen molar-refractivity contribution >= 4 is 0 Å². The van der Waals surface area contributed by atoms with E-state index in [9.17, 15) is 0 Å². The van der Waals surface area contributed by atoms with Crippen LogP contribution in [0.3, 0.4) is 0 Å². The summed E-state index contributed by atoms with van der Waals surface area (Å²) in [5.74, 6) is 1.08. The molecule has 2 N–H and O–H groups in total. The van der Waals surface area contributed by atoms with Crippen LogP contribution in [0, 0.1) is 0 Å². The second-order valence-electron chi connectivity index (χ2n) is 7.85. The molecule has 1 fully saturated rings. The van der Waals surface area contributed by atoms with Crippen LogP contribution in [0.1, 0.15) is 51.6 Å². The lowest BCUT2D eigenvalue weighted by atomic mass is 9.77. The van der Waals surface area contributed by atoms with Crippen molar-refractivity contribution in [2.75, 3.05) is 0 Å². The monoisotopic (exact) mass is 337 g/mol. The molecule has 0 aliphatic heterocycles. The van der Waals surface area contributed by atoms with Gasteiger partial charge in [0.25, 0.3) is 5.89 Å². The van der Waals surface area contributed by atoms with Gasteiger partial charge in [-0.1, -0.05) is 44.1 Å². The predicted octanol–water partition coefficient (Wildman–Crippen LogP) is 3.56. The van der Waals surface area contributed by atoms with Gasteiger partial charge in [0, 0.05) is 11.6 Å². The van der Waals surface area contributed by atoms with Crippen LogP contribution in [0.2, 0.25) is 0 Å². The van der Waals surface area contributed by atoms with E-state index < -0.39 is 5.54 Å². The second kappa shape index (κ2) is 5.52. The Hall–Kier alpha value is -2.47. The van der Waals surface area contributed by atoms with Gasteiger partial charge >= 0.3 is 0 Å². The molecule has 130 valence electrons. The summed E-state index contributed by atoms with van der Waals surface area (Å²) < 4.78 is 7.43. The molecule has 6 heteroatoms. The van der Waals surface area contributed by atoms with Gasteiger partial charge in [-0.3, -0.25) is 0 Å². The third-order valence-electron chi connectivity index (χ3n) is 4.79. The van der Waals surface area contributed by atoms with Crippen molar-refractivity contribution in [1.29, 1.82) is 0 Å². The van der Waals surface area contributed by atoms with Gasteiger partial charge < -0.3 is 10.3 Å². The summed E-state index contributed by atoms with van der Waals surface area (Å²) in [5, 5.41) is 8.93. The van der Waals surface area contributed by atoms with Crippen molar-refractivity contribution in [3.63, 3.8) is 0 Å².